The first kappa shape index (κ1) is 13.7. The zero-order valence-corrected chi connectivity index (χ0v) is 10.2. The van der Waals surface area contributed by atoms with E-state index in [-0.39, 0.29) is 0 Å². The standard InChI is InChI=1S/C10H16N2S2/c1-2-3-4-5-6-10(14-9-12)7-13-8-11/h10H,2-7H2,1H3. The average Bonchev–Trinajstić information content (AvgIpc) is 2.20. The molecule has 0 aliphatic heterocycles. The van der Waals surface area contributed by atoms with Gasteiger partial charge >= 0.3 is 0 Å². The van der Waals surface area contributed by atoms with Crippen molar-refractivity contribution >= 4 is 23.5 Å². The van der Waals surface area contributed by atoms with Crippen molar-refractivity contribution < 1.29 is 0 Å². The van der Waals surface area contributed by atoms with Gasteiger partial charge in [0.15, 0.2) is 0 Å². The van der Waals surface area contributed by atoms with Crippen LogP contribution in [-0.2, 0) is 0 Å². The summed E-state index contributed by atoms with van der Waals surface area (Å²) in [6.45, 7) is 2.19. The van der Waals surface area contributed by atoms with E-state index in [0.717, 1.165) is 12.2 Å². The maximum atomic E-state index is 8.56. The monoisotopic (exact) mass is 228 g/mol. The van der Waals surface area contributed by atoms with E-state index in [1.165, 1.54) is 49.2 Å². The van der Waals surface area contributed by atoms with Crippen molar-refractivity contribution in [2.24, 2.45) is 0 Å². The Balaban J connectivity index is 3.53. The van der Waals surface area contributed by atoms with Crippen molar-refractivity contribution in [3.63, 3.8) is 0 Å². The van der Waals surface area contributed by atoms with Gasteiger partial charge in [0, 0.05) is 11.0 Å². The lowest BCUT2D eigenvalue weighted by Crippen LogP contribution is -2.04. The molecule has 1 unspecified atom stereocenters. The maximum Gasteiger partial charge on any atom is 0.133 e. The molecule has 0 aliphatic carbocycles. The summed E-state index contributed by atoms with van der Waals surface area (Å²) in [5, 5.41) is 21.5. The maximum absolute atomic E-state index is 8.56. The van der Waals surface area contributed by atoms with E-state index < -0.39 is 0 Å². The molecule has 2 nitrogen and oxygen atoms in total. The number of nitriles is 2. The Morgan fingerprint density at radius 2 is 1.93 bits per heavy atom. The number of rotatable bonds is 8. The van der Waals surface area contributed by atoms with E-state index in [1.54, 1.807) is 0 Å². The summed E-state index contributed by atoms with van der Waals surface area (Å²) in [6, 6.07) is 0. The topological polar surface area (TPSA) is 47.6 Å². The molecule has 0 radical (unpaired) electrons. The van der Waals surface area contributed by atoms with Crippen molar-refractivity contribution in [3.05, 3.63) is 0 Å². The van der Waals surface area contributed by atoms with Crippen molar-refractivity contribution in [1.29, 1.82) is 10.5 Å². The number of thioether (sulfide) groups is 2. The summed E-state index contributed by atoms with van der Waals surface area (Å²) >= 11 is 2.56. The third-order valence-electron chi connectivity index (χ3n) is 1.93. The largest absolute Gasteiger partial charge is 0.185 e. The predicted molar refractivity (Wildman–Crippen MR) is 63.8 cm³/mol. The molecule has 0 saturated carbocycles. The molecule has 0 aliphatic rings. The highest BCUT2D eigenvalue weighted by atomic mass is 32.2. The number of thiocyanates is 2. The van der Waals surface area contributed by atoms with Crippen LogP contribution in [0.2, 0.25) is 0 Å². The van der Waals surface area contributed by atoms with Gasteiger partial charge in [-0.1, -0.05) is 32.6 Å². The fourth-order valence-electron chi connectivity index (χ4n) is 1.18. The predicted octanol–water partition coefficient (Wildman–Crippen LogP) is 3.75. The Kier molecular flexibility index (Phi) is 10.5. The number of unbranched alkanes of at least 4 members (excludes halogenated alkanes) is 3. The number of hydrogen-bond donors (Lipinski definition) is 0. The van der Waals surface area contributed by atoms with Crippen LogP contribution in [0.1, 0.15) is 39.0 Å². The smallest absolute Gasteiger partial charge is 0.133 e. The van der Waals surface area contributed by atoms with Crippen molar-refractivity contribution in [1.82, 2.24) is 0 Å². The second-order valence-corrected chi connectivity index (χ2v) is 4.97. The molecule has 0 saturated heterocycles. The van der Waals surface area contributed by atoms with Gasteiger partial charge in [-0.3, -0.25) is 0 Å². The molecule has 78 valence electrons. The molecular weight excluding hydrogens is 212 g/mol. The fourth-order valence-corrected chi connectivity index (χ4v) is 2.52. The Hall–Kier alpha value is -0.320. The molecule has 4 heteroatoms. The molecule has 1 atom stereocenters. The third kappa shape index (κ3) is 8.29. The van der Waals surface area contributed by atoms with Gasteiger partial charge in [0.05, 0.1) is 0 Å². The minimum absolute atomic E-state index is 0.335. The summed E-state index contributed by atoms with van der Waals surface area (Å²) in [4.78, 5) is 0. The van der Waals surface area contributed by atoms with Crippen molar-refractivity contribution in [3.8, 4) is 10.8 Å². The van der Waals surface area contributed by atoms with Gasteiger partial charge in [0.2, 0.25) is 0 Å². The molecule has 0 bridgehead atoms. The number of nitrogens with zero attached hydrogens (tertiary/aromatic N) is 2. The molecule has 14 heavy (non-hydrogen) atoms. The van der Waals surface area contributed by atoms with Crippen LogP contribution in [-0.4, -0.2) is 11.0 Å². The Labute approximate surface area is 95.1 Å². The van der Waals surface area contributed by atoms with Crippen LogP contribution < -0.4 is 0 Å². The van der Waals surface area contributed by atoms with Gasteiger partial charge in [-0.25, -0.2) is 0 Å². The van der Waals surface area contributed by atoms with Crippen molar-refractivity contribution in [2.45, 2.75) is 44.3 Å². The molecule has 0 aromatic carbocycles. The number of hydrogen-bond acceptors (Lipinski definition) is 4. The summed E-state index contributed by atoms with van der Waals surface area (Å²) in [5.41, 5.74) is 0. The van der Waals surface area contributed by atoms with Crippen LogP contribution in [0, 0.1) is 21.3 Å². The lowest BCUT2D eigenvalue weighted by molar-refractivity contribution is 0.633. The third-order valence-corrected chi connectivity index (χ3v) is 3.68. The second-order valence-electron chi connectivity index (χ2n) is 3.08. The summed E-state index contributed by atoms with van der Waals surface area (Å²) in [5.74, 6) is 0.779. The highest BCUT2D eigenvalue weighted by molar-refractivity contribution is 8.07. The minimum atomic E-state index is 0.335. The molecule has 0 heterocycles. The normalized spacial score (nSPS) is 11.6. The van der Waals surface area contributed by atoms with Crippen LogP contribution in [0.3, 0.4) is 0 Å². The lowest BCUT2D eigenvalue weighted by Gasteiger charge is -2.09. The van der Waals surface area contributed by atoms with Crippen LogP contribution >= 0.6 is 23.5 Å². The Morgan fingerprint density at radius 3 is 2.50 bits per heavy atom. The second kappa shape index (κ2) is 10.8. The highest BCUT2D eigenvalue weighted by Crippen LogP contribution is 2.21. The van der Waals surface area contributed by atoms with Crippen LogP contribution in [0.4, 0.5) is 0 Å². The Morgan fingerprint density at radius 1 is 1.14 bits per heavy atom. The van der Waals surface area contributed by atoms with Crippen molar-refractivity contribution in [2.75, 3.05) is 5.75 Å². The zero-order chi connectivity index (χ0) is 10.6. The minimum Gasteiger partial charge on any atom is -0.185 e. The van der Waals surface area contributed by atoms with E-state index in [9.17, 15) is 0 Å². The van der Waals surface area contributed by atoms with E-state index in [1.807, 2.05) is 0 Å². The van der Waals surface area contributed by atoms with Gasteiger partial charge in [0.25, 0.3) is 0 Å². The molecule has 0 fully saturated rings. The molecule has 0 amide bonds. The van der Waals surface area contributed by atoms with Gasteiger partial charge in [-0.05, 0) is 29.9 Å². The summed E-state index contributed by atoms with van der Waals surface area (Å²) < 4.78 is 0. The Bertz CT molecular complexity index is 205. The summed E-state index contributed by atoms with van der Waals surface area (Å²) in [7, 11) is 0. The zero-order valence-electron chi connectivity index (χ0n) is 8.53. The first-order valence-electron chi connectivity index (χ1n) is 4.90. The van der Waals surface area contributed by atoms with E-state index in [2.05, 4.69) is 17.7 Å². The summed E-state index contributed by atoms with van der Waals surface area (Å²) in [6.07, 6.45) is 6.00. The van der Waals surface area contributed by atoms with Gasteiger partial charge < -0.3 is 0 Å². The van der Waals surface area contributed by atoms with Crippen LogP contribution in [0.15, 0.2) is 0 Å². The molecule has 0 rings (SSSR count). The molecule has 0 aromatic rings. The molecule has 0 N–H and O–H groups in total. The average molecular weight is 228 g/mol. The SMILES string of the molecule is CCCCCCC(CSC#N)SC#N. The van der Waals surface area contributed by atoms with Crippen LogP contribution in [0.25, 0.3) is 0 Å². The highest BCUT2D eigenvalue weighted by Gasteiger charge is 2.08. The van der Waals surface area contributed by atoms with E-state index in [0.29, 0.717) is 5.25 Å². The van der Waals surface area contributed by atoms with Gasteiger partial charge in [0.1, 0.15) is 10.8 Å². The molecule has 0 aromatic heterocycles. The molecular formula is C10H16N2S2. The van der Waals surface area contributed by atoms with E-state index >= 15 is 0 Å². The first-order valence-corrected chi connectivity index (χ1v) is 6.77. The van der Waals surface area contributed by atoms with E-state index in [4.69, 9.17) is 10.5 Å². The lowest BCUT2D eigenvalue weighted by atomic mass is 10.1. The van der Waals surface area contributed by atoms with Gasteiger partial charge in [-0.2, -0.15) is 10.5 Å². The first-order chi connectivity index (χ1) is 6.85. The fraction of sp³-hybridized carbons (Fsp3) is 0.800. The van der Waals surface area contributed by atoms with Gasteiger partial charge in [-0.15, -0.1) is 0 Å². The molecule has 0 spiro atoms. The quantitative estimate of drug-likeness (QED) is 0.469. The van der Waals surface area contributed by atoms with Crippen LogP contribution in [0.5, 0.6) is 0 Å².